The van der Waals surface area contributed by atoms with Crippen LogP contribution in [0.25, 0.3) is 6.08 Å². The Hall–Kier alpha value is -1.80. The molecule has 0 bridgehead atoms. The summed E-state index contributed by atoms with van der Waals surface area (Å²) in [5.41, 5.74) is 0.741. The maximum absolute atomic E-state index is 12.5. The molecule has 0 N–H and O–H groups in total. The van der Waals surface area contributed by atoms with E-state index in [0.29, 0.717) is 12.2 Å². The maximum atomic E-state index is 12.5. The summed E-state index contributed by atoms with van der Waals surface area (Å²) in [5, 5.41) is -0.480. The third-order valence-electron chi connectivity index (χ3n) is 3.68. The van der Waals surface area contributed by atoms with Crippen molar-refractivity contribution in [2.24, 2.45) is 0 Å². The van der Waals surface area contributed by atoms with E-state index in [4.69, 9.17) is 9.47 Å². The molecule has 6 nitrogen and oxygen atoms in total. The molecule has 1 aromatic rings. The van der Waals surface area contributed by atoms with Gasteiger partial charge in [-0.3, -0.25) is 19.3 Å². The van der Waals surface area contributed by atoms with Crippen molar-refractivity contribution in [1.29, 1.82) is 0 Å². The summed E-state index contributed by atoms with van der Waals surface area (Å²) in [4.78, 5) is 37.6. The molecule has 1 heterocycles. The minimum atomic E-state index is -0.592. The van der Waals surface area contributed by atoms with Crippen LogP contribution in [0.2, 0.25) is 0 Å². The number of carbonyl (C=O) groups excluding carboxylic acids is 3. The Morgan fingerprint density at radius 1 is 1.30 bits per heavy atom. The number of rotatable bonds is 7. The van der Waals surface area contributed by atoms with E-state index in [2.05, 4.69) is 15.9 Å². The molecule has 1 atom stereocenters. The first-order chi connectivity index (χ1) is 12.7. The Kier molecular flexibility index (Phi) is 7.49. The lowest BCUT2D eigenvalue weighted by molar-refractivity contribution is -0.150. The third-order valence-corrected chi connectivity index (χ3v) is 5.21. The van der Waals surface area contributed by atoms with E-state index in [1.807, 2.05) is 26.8 Å². The maximum Gasteiger partial charge on any atom is 0.326 e. The van der Waals surface area contributed by atoms with E-state index < -0.39 is 17.1 Å². The van der Waals surface area contributed by atoms with Crippen LogP contribution in [0.15, 0.2) is 27.6 Å². The fourth-order valence-electron chi connectivity index (χ4n) is 2.22. The lowest BCUT2D eigenvalue weighted by Gasteiger charge is -2.14. The molecule has 146 valence electrons. The fraction of sp³-hybridized carbons (Fsp3) is 0.421. The van der Waals surface area contributed by atoms with Gasteiger partial charge in [-0.1, -0.05) is 13.0 Å². The molecule has 0 saturated carbocycles. The van der Waals surface area contributed by atoms with Crippen molar-refractivity contribution < 1.29 is 23.9 Å². The molecule has 1 aliphatic rings. The van der Waals surface area contributed by atoms with E-state index in [1.165, 1.54) is 0 Å². The molecule has 1 saturated heterocycles. The molecule has 0 radical (unpaired) electrons. The van der Waals surface area contributed by atoms with Gasteiger partial charge in [-0.05, 0) is 78.7 Å². The number of carbonyl (C=O) groups is 3. The first-order valence-corrected chi connectivity index (χ1v) is 10.2. The largest absolute Gasteiger partial charge is 0.490 e. The molecule has 27 heavy (non-hydrogen) atoms. The number of esters is 1. The van der Waals surface area contributed by atoms with Crippen LogP contribution in [0, 0.1) is 0 Å². The van der Waals surface area contributed by atoms with Gasteiger partial charge in [-0.25, -0.2) is 0 Å². The highest BCUT2D eigenvalue weighted by Crippen LogP contribution is 2.34. The average Bonchev–Trinajstić information content (AvgIpc) is 2.84. The van der Waals surface area contributed by atoms with Crippen LogP contribution >= 0.6 is 27.7 Å². The Bertz CT molecular complexity index is 777. The molecule has 0 aromatic heterocycles. The first-order valence-electron chi connectivity index (χ1n) is 8.62. The summed E-state index contributed by atoms with van der Waals surface area (Å²) in [6.45, 7) is 7.13. The Labute approximate surface area is 171 Å². The fourth-order valence-corrected chi connectivity index (χ4v) is 3.55. The van der Waals surface area contributed by atoms with Crippen molar-refractivity contribution in [1.82, 2.24) is 4.90 Å². The number of hydrogen-bond acceptors (Lipinski definition) is 6. The first kappa shape index (κ1) is 21.5. The van der Waals surface area contributed by atoms with Gasteiger partial charge in [0.25, 0.3) is 11.1 Å². The second kappa shape index (κ2) is 9.41. The van der Waals surface area contributed by atoms with Gasteiger partial charge in [-0.2, -0.15) is 0 Å². The number of amides is 2. The van der Waals surface area contributed by atoms with E-state index in [1.54, 1.807) is 25.1 Å². The minimum Gasteiger partial charge on any atom is -0.490 e. The molecule has 1 aromatic carbocycles. The normalized spacial score (nSPS) is 17.0. The molecule has 2 rings (SSSR count). The summed E-state index contributed by atoms with van der Waals surface area (Å²) < 4.78 is 11.5. The quantitative estimate of drug-likeness (QED) is 0.441. The molecule has 2 amide bonds. The topological polar surface area (TPSA) is 72.9 Å². The lowest BCUT2D eigenvalue weighted by atomic mass is 10.2. The SMILES string of the molecule is CC[C@H](C)OC(=O)CN1C(=O)S/C(=C\c2ccc(OC(C)C)c(Br)c2)C1=O. The van der Waals surface area contributed by atoms with Gasteiger partial charge in [0.05, 0.1) is 21.6 Å². The summed E-state index contributed by atoms with van der Waals surface area (Å²) in [6.07, 6.45) is 2.07. The van der Waals surface area contributed by atoms with Crippen molar-refractivity contribution in [3.8, 4) is 5.75 Å². The highest BCUT2D eigenvalue weighted by molar-refractivity contribution is 9.10. The predicted molar refractivity (Wildman–Crippen MR) is 108 cm³/mol. The van der Waals surface area contributed by atoms with Gasteiger partial charge < -0.3 is 9.47 Å². The molecular weight excluding hydrogens is 434 g/mol. The Morgan fingerprint density at radius 3 is 2.59 bits per heavy atom. The van der Waals surface area contributed by atoms with Crippen LogP contribution in [0.5, 0.6) is 5.75 Å². The second-order valence-electron chi connectivity index (χ2n) is 6.33. The highest BCUT2D eigenvalue weighted by Gasteiger charge is 2.36. The zero-order chi connectivity index (χ0) is 20.1. The van der Waals surface area contributed by atoms with Crippen molar-refractivity contribution >= 4 is 50.9 Å². The Morgan fingerprint density at radius 2 is 2.00 bits per heavy atom. The van der Waals surface area contributed by atoms with Gasteiger partial charge >= 0.3 is 5.97 Å². The Balaban J connectivity index is 2.11. The smallest absolute Gasteiger partial charge is 0.326 e. The minimum absolute atomic E-state index is 0.0406. The monoisotopic (exact) mass is 455 g/mol. The number of benzene rings is 1. The summed E-state index contributed by atoms with van der Waals surface area (Å²) >= 11 is 4.25. The van der Waals surface area contributed by atoms with Crippen LogP contribution in [0.1, 0.15) is 39.7 Å². The summed E-state index contributed by atoms with van der Waals surface area (Å²) in [5.74, 6) is -0.390. The van der Waals surface area contributed by atoms with Crippen molar-refractivity contribution in [3.05, 3.63) is 33.1 Å². The van der Waals surface area contributed by atoms with E-state index in [0.717, 1.165) is 26.7 Å². The number of ether oxygens (including phenoxy) is 2. The second-order valence-corrected chi connectivity index (χ2v) is 8.18. The third kappa shape index (κ3) is 5.84. The van der Waals surface area contributed by atoms with Crippen LogP contribution in [0.3, 0.4) is 0 Å². The predicted octanol–water partition coefficient (Wildman–Crippen LogP) is 4.61. The van der Waals surface area contributed by atoms with Crippen LogP contribution < -0.4 is 4.74 Å². The lowest BCUT2D eigenvalue weighted by Crippen LogP contribution is -2.35. The van der Waals surface area contributed by atoms with E-state index in [9.17, 15) is 14.4 Å². The molecular formula is C19H22BrNO5S. The number of hydrogen-bond donors (Lipinski definition) is 0. The zero-order valence-corrected chi connectivity index (χ0v) is 18.1. The van der Waals surface area contributed by atoms with Gasteiger partial charge in [0, 0.05) is 0 Å². The molecule has 1 fully saturated rings. The van der Waals surface area contributed by atoms with Crippen LogP contribution in [-0.4, -0.2) is 40.8 Å². The molecule has 0 unspecified atom stereocenters. The highest BCUT2D eigenvalue weighted by atomic mass is 79.9. The van der Waals surface area contributed by atoms with Gasteiger partial charge in [0.2, 0.25) is 0 Å². The average molecular weight is 456 g/mol. The molecule has 1 aliphatic heterocycles. The standard InChI is InChI=1S/C19H22BrNO5S/c1-5-12(4)26-17(22)10-21-18(23)16(27-19(21)24)9-13-6-7-15(14(20)8-13)25-11(2)3/h6-9,11-12H,5,10H2,1-4H3/b16-9-/t12-/m0/s1. The number of imide groups is 1. The number of halogens is 1. The zero-order valence-electron chi connectivity index (χ0n) is 15.7. The van der Waals surface area contributed by atoms with Crippen molar-refractivity contribution in [2.75, 3.05) is 6.54 Å². The van der Waals surface area contributed by atoms with Crippen molar-refractivity contribution in [3.63, 3.8) is 0 Å². The summed E-state index contributed by atoms with van der Waals surface area (Å²) in [7, 11) is 0. The van der Waals surface area contributed by atoms with E-state index in [-0.39, 0.29) is 23.7 Å². The molecule has 0 spiro atoms. The van der Waals surface area contributed by atoms with E-state index >= 15 is 0 Å². The van der Waals surface area contributed by atoms with Gasteiger partial charge in [0.1, 0.15) is 12.3 Å². The van der Waals surface area contributed by atoms with Gasteiger partial charge in [-0.15, -0.1) is 0 Å². The summed E-state index contributed by atoms with van der Waals surface area (Å²) in [6, 6.07) is 5.40. The van der Waals surface area contributed by atoms with Crippen LogP contribution in [-0.2, 0) is 14.3 Å². The van der Waals surface area contributed by atoms with Gasteiger partial charge in [0.15, 0.2) is 0 Å². The number of thioether (sulfide) groups is 1. The van der Waals surface area contributed by atoms with Crippen molar-refractivity contribution in [2.45, 2.75) is 46.3 Å². The molecule has 0 aliphatic carbocycles. The molecule has 8 heteroatoms. The van der Waals surface area contributed by atoms with Crippen LogP contribution in [0.4, 0.5) is 4.79 Å². The number of nitrogens with zero attached hydrogens (tertiary/aromatic N) is 1.